The predicted molar refractivity (Wildman–Crippen MR) is 115 cm³/mol. The first kappa shape index (κ1) is 16.9. The van der Waals surface area contributed by atoms with Crippen molar-refractivity contribution in [2.75, 3.05) is 47.4 Å². The van der Waals surface area contributed by atoms with Crippen LogP contribution in [0.2, 0.25) is 0 Å². The summed E-state index contributed by atoms with van der Waals surface area (Å²) in [6.07, 6.45) is 6.95. The Hall–Kier alpha value is -3.29. The van der Waals surface area contributed by atoms with Crippen LogP contribution in [-0.2, 0) is 0 Å². The van der Waals surface area contributed by atoms with Crippen molar-refractivity contribution in [3.8, 4) is 0 Å². The second kappa shape index (κ2) is 6.12. The maximum absolute atomic E-state index is 4.51. The van der Waals surface area contributed by atoms with Gasteiger partial charge in [0.2, 0.25) is 0 Å². The normalized spacial score (nSPS) is 15.4. The van der Waals surface area contributed by atoms with Crippen molar-refractivity contribution in [2.24, 2.45) is 0 Å². The summed E-state index contributed by atoms with van der Waals surface area (Å²) in [4.78, 5) is 26.7. The van der Waals surface area contributed by atoms with Crippen LogP contribution in [-0.4, -0.2) is 62.1 Å². The number of aromatic nitrogens is 4. The quantitative estimate of drug-likeness (QED) is 0.577. The molecule has 28 heavy (non-hydrogen) atoms. The van der Waals surface area contributed by atoms with E-state index in [4.69, 9.17) is 0 Å². The topological polar surface area (TPSA) is 64.5 Å². The Morgan fingerprint density at radius 1 is 0.571 bits per heavy atom. The van der Waals surface area contributed by atoms with Crippen molar-refractivity contribution in [1.29, 1.82) is 0 Å². The second-order valence-corrected chi connectivity index (χ2v) is 7.27. The van der Waals surface area contributed by atoms with Gasteiger partial charge in [0.1, 0.15) is 0 Å². The molecule has 0 bridgehead atoms. The van der Waals surface area contributed by atoms with Gasteiger partial charge in [-0.05, 0) is 39.1 Å². The van der Waals surface area contributed by atoms with E-state index in [1.807, 2.05) is 0 Å². The van der Waals surface area contributed by atoms with Gasteiger partial charge in [-0.1, -0.05) is 24.3 Å². The molecule has 5 rings (SSSR count). The summed E-state index contributed by atoms with van der Waals surface area (Å²) in [6.45, 7) is 0.0981. The molecule has 138 valence electrons. The largest absolute Gasteiger partial charge is 0.413 e. The number of hydrogen-bond donors (Lipinski definition) is 0. The average Bonchev–Trinajstić information content (AvgIpc) is 3.13. The summed E-state index contributed by atoms with van der Waals surface area (Å²) < 4.78 is 0. The van der Waals surface area contributed by atoms with Crippen LogP contribution < -0.4 is 30.2 Å². The molecule has 0 N–H and O–H groups in total. The fourth-order valence-corrected chi connectivity index (χ4v) is 4.40. The van der Waals surface area contributed by atoms with Crippen LogP contribution in [0.15, 0.2) is 49.1 Å². The zero-order valence-electron chi connectivity index (χ0n) is 16.4. The Morgan fingerprint density at radius 3 is 1.21 bits per heavy atom. The highest BCUT2D eigenvalue weighted by atomic mass is 15.3. The second-order valence-electron chi connectivity index (χ2n) is 7.27. The number of benzene rings is 1. The van der Waals surface area contributed by atoms with E-state index in [0.717, 1.165) is 23.3 Å². The molecule has 0 saturated heterocycles. The number of hydrogen-bond acceptors (Lipinski definition) is 8. The first-order valence-corrected chi connectivity index (χ1v) is 9.21. The highest BCUT2D eigenvalue weighted by molar-refractivity contribution is 6.84. The van der Waals surface area contributed by atoms with Crippen LogP contribution in [0, 0.1) is 0 Å². The van der Waals surface area contributed by atoms with Crippen LogP contribution in [0.25, 0.3) is 0 Å². The molecule has 3 aromatic rings. The third-order valence-electron chi connectivity index (χ3n) is 5.63. The highest BCUT2D eigenvalue weighted by Gasteiger charge is 2.42. The Morgan fingerprint density at radius 2 is 0.893 bits per heavy atom. The molecule has 0 atom stereocenters. The Balaban J connectivity index is 1.52. The molecule has 0 radical (unpaired) electrons. The maximum atomic E-state index is 4.51. The van der Waals surface area contributed by atoms with Gasteiger partial charge in [-0.15, -0.1) is 0 Å². The van der Waals surface area contributed by atoms with Crippen LogP contribution in [0.3, 0.4) is 0 Å². The van der Waals surface area contributed by atoms with Crippen molar-refractivity contribution < 1.29 is 0 Å². The maximum Gasteiger partial charge on any atom is 0.413 e. The van der Waals surface area contributed by atoms with Gasteiger partial charge >= 0.3 is 14.0 Å². The Labute approximate surface area is 165 Å². The first-order valence-electron chi connectivity index (χ1n) is 9.21. The molecule has 0 amide bonds. The van der Waals surface area contributed by atoms with E-state index in [2.05, 4.69) is 91.6 Å². The van der Waals surface area contributed by atoms with Crippen LogP contribution in [0.5, 0.6) is 0 Å². The monoisotopic (exact) mass is 370 g/mol. The van der Waals surface area contributed by atoms with Crippen LogP contribution in [0.1, 0.15) is 0 Å². The summed E-state index contributed by atoms with van der Waals surface area (Å²) in [5.74, 6) is 3.60. The predicted octanol–water partition coefficient (Wildman–Crippen LogP) is -0.171. The Kier molecular flexibility index (Phi) is 3.68. The van der Waals surface area contributed by atoms with Crippen molar-refractivity contribution in [3.05, 3.63) is 49.1 Å². The molecule has 4 heterocycles. The molecule has 2 aliphatic rings. The molecule has 0 spiro atoms. The number of nitrogens with zero attached hydrogens (tertiary/aromatic N) is 8. The van der Waals surface area contributed by atoms with E-state index in [-0.39, 0.29) is 14.0 Å². The molecule has 2 aromatic heterocycles. The zero-order chi connectivity index (χ0) is 19.4. The highest BCUT2D eigenvalue weighted by Crippen LogP contribution is 2.32. The van der Waals surface area contributed by atoms with Gasteiger partial charge in [0.15, 0.2) is 23.3 Å². The first-order chi connectivity index (χ1) is 13.6. The third kappa shape index (κ3) is 2.27. The fraction of sp³-hybridized carbons (Fsp3) is 0.222. The molecular weight excluding hydrogens is 350 g/mol. The molecule has 8 nitrogen and oxygen atoms in total. The minimum Gasteiger partial charge on any atom is -0.376 e. The Bertz CT molecular complexity index is 911. The van der Waals surface area contributed by atoms with Crippen LogP contribution >= 0.6 is 0 Å². The van der Waals surface area contributed by atoms with E-state index >= 15 is 0 Å². The van der Waals surface area contributed by atoms with Gasteiger partial charge in [-0.25, -0.2) is 19.9 Å². The van der Waals surface area contributed by atoms with Crippen molar-refractivity contribution >= 4 is 48.2 Å². The average molecular weight is 370 g/mol. The summed E-state index contributed by atoms with van der Waals surface area (Å²) in [5.41, 5.74) is 2.39. The molecule has 2 aliphatic heterocycles. The third-order valence-corrected chi connectivity index (χ3v) is 5.63. The van der Waals surface area contributed by atoms with E-state index in [1.165, 1.54) is 10.9 Å². The molecular formula is C18H20B2N8. The van der Waals surface area contributed by atoms with Crippen molar-refractivity contribution in [3.63, 3.8) is 0 Å². The molecule has 10 heteroatoms. The van der Waals surface area contributed by atoms with Gasteiger partial charge < -0.3 is 19.2 Å². The summed E-state index contributed by atoms with van der Waals surface area (Å²) in [7, 11) is 8.25. The van der Waals surface area contributed by atoms with Gasteiger partial charge in [0.25, 0.3) is 0 Å². The van der Waals surface area contributed by atoms with Gasteiger partial charge in [0, 0.05) is 24.8 Å². The van der Waals surface area contributed by atoms with Crippen molar-refractivity contribution in [2.45, 2.75) is 0 Å². The van der Waals surface area contributed by atoms with E-state index in [9.17, 15) is 0 Å². The van der Waals surface area contributed by atoms with E-state index < -0.39 is 0 Å². The number of rotatable bonds is 2. The van der Waals surface area contributed by atoms with Crippen LogP contribution in [0.4, 0.5) is 23.3 Å². The summed E-state index contributed by atoms with van der Waals surface area (Å²) in [6, 6.07) is 8.69. The smallest absolute Gasteiger partial charge is 0.376 e. The lowest BCUT2D eigenvalue weighted by Crippen LogP contribution is -2.58. The fourth-order valence-electron chi connectivity index (χ4n) is 4.40. The number of fused-ring (bicyclic) bond motifs is 2. The lowest BCUT2D eigenvalue weighted by Gasteiger charge is -2.26. The minimum absolute atomic E-state index is 0.0491. The standard InChI is InChI=1S/C18H20B2N8/c1-25-15-16(22-9-8-21-15)26(2)19(25)13-6-5-7-14(12-13)20-27(3)17-18(28(20)4)24-11-10-23-17/h5-12H,1-4H3. The lowest BCUT2D eigenvalue weighted by molar-refractivity contribution is 1.15. The van der Waals surface area contributed by atoms with Crippen molar-refractivity contribution in [1.82, 2.24) is 19.9 Å². The molecule has 0 saturated carbocycles. The summed E-state index contributed by atoms with van der Waals surface area (Å²) >= 11 is 0. The molecule has 1 aromatic carbocycles. The zero-order valence-corrected chi connectivity index (χ0v) is 16.4. The minimum atomic E-state index is 0.0491. The number of anilines is 4. The molecule has 0 fully saturated rings. The van der Waals surface area contributed by atoms with Gasteiger partial charge in [-0.2, -0.15) is 0 Å². The summed E-state index contributed by atoms with van der Waals surface area (Å²) in [5, 5.41) is 0. The van der Waals surface area contributed by atoms with E-state index in [0.29, 0.717) is 0 Å². The SMILES string of the molecule is CN1B(c2cccc(B3N(C)c4nccnc4N3C)c2)N(C)c2nccnc21. The van der Waals surface area contributed by atoms with Gasteiger partial charge in [-0.3, -0.25) is 0 Å². The lowest BCUT2D eigenvalue weighted by atomic mass is 9.60. The molecule has 0 unspecified atom stereocenters. The van der Waals surface area contributed by atoms with E-state index in [1.54, 1.807) is 24.8 Å². The van der Waals surface area contributed by atoms with Gasteiger partial charge in [0.05, 0.1) is 0 Å². The molecule has 0 aliphatic carbocycles.